The van der Waals surface area contributed by atoms with Crippen molar-refractivity contribution in [2.24, 2.45) is 0 Å². The van der Waals surface area contributed by atoms with Crippen LogP contribution in [0, 0.1) is 6.92 Å². The van der Waals surface area contributed by atoms with Crippen LogP contribution in [0.15, 0.2) is 53.4 Å². The molecule has 0 bridgehead atoms. The number of hydrogen-bond acceptors (Lipinski definition) is 4. The highest BCUT2D eigenvalue weighted by molar-refractivity contribution is 7.89. The van der Waals surface area contributed by atoms with Crippen molar-refractivity contribution in [3.8, 4) is 0 Å². The van der Waals surface area contributed by atoms with Crippen LogP contribution in [-0.2, 0) is 26.1 Å². The van der Waals surface area contributed by atoms with Crippen LogP contribution < -0.4 is 5.32 Å². The van der Waals surface area contributed by atoms with Gasteiger partial charge in [-0.1, -0.05) is 41.4 Å². The third-order valence-corrected chi connectivity index (χ3v) is 5.94. The summed E-state index contributed by atoms with van der Waals surface area (Å²) >= 11 is 5.86. The number of ether oxygens (including phenoxy) is 1. The first-order chi connectivity index (χ1) is 12.8. The Bertz CT molecular complexity index is 852. The van der Waals surface area contributed by atoms with Crippen LogP contribution in [0.4, 0.5) is 0 Å². The number of halogens is 1. The Balaban J connectivity index is 2.25. The molecule has 27 heavy (non-hydrogen) atoms. The standard InChI is InChI=1S/C19H23ClN2O4S/c1-15-3-5-16(6-4-15)13-22(14-19(23)21-11-12-26-2)27(24,25)18-9-7-17(20)8-10-18/h3-10H,11-14H2,1-2H3,(H,21,23). The lowest BCUT2D eigenvalue weighted by Crippen LogP contribution is -2.41. The van der Waals surface area contributed by atoms with Gasteiger partial charge in [0.25, 0.3) is 0 Å². The molecule has 0 fully saturated rings. The topological polar surface area (TPSA) is 75.7 Å². The second-order valence-corrected chi connectivity index (χ2v) is 8.43. The minimum absolute atomic E-state index is 0.0862. The van der Waals surface area contributed by atoms with E-state index in [2.05, 4.69) is 5.32 Å². The van der Waals surface area contributed by atoms with Crippen molar-refractivity contribution in [2.75, 3.05) is 26.8 Å². The van der Waals surface area contributed by atoms with E-state index in [1.54, 1.807) is 0 Å². The molecule has 2 rings (SSSR count). The summed E-state index contributed by atoms with van der Waals surface area (Å²) < 4.78 is 32.2. The maximum Gasteiger partial charge on any atom is 0.243 e. The van der Waals surface area contributed by atoms with E-state index in [1.165, 1.54) is 31.4 Å². The maximum absolute atomic E-state index is 13.1. The lowest BCUT2D eigenvalue weighted by molar-refractivity contribution is -0.121. The molecule has 6 nitrogen and oxygen atoms in total. The van der Waals surface area contributed by atoms with E-state index in [9.17, 15) is 13.2 Å². The minimum atomic E-state index is -3.87. The van der Waals surface area contributed by atoms with Crippen molar-refractivity contribution >= 4 is 27.5 Å². The Morgan fingerprint density at radius 2 is 1.74 bits per heavy atom. The van der Waals surface area contributed by atoms with Gasteiger partial charge in [0.2, 0.25) is 15.9 Å². The zero-order chi connectivity index (χ0) is 19.9. The molecule has 0 aliphatic heterocycles. The number of aryl methyl sites for hydroxylation is 1. The molecule has 0 saturated carbocycles. The van der Waals surface area contributed by atoms with E-state index in [0.717, 1.165) is 15.4 Å². The van der Waals surface area contributed by atoms with E-state index in [-0.39, 0.29) is 18.0 Å². The average molecular weight is 411 g/mol. The Kier molecular flexibility index (Phi) is 7.79. The Labute approximate surface area is 165 Å². The molecule has 0 saturated heterocycles. The molecular formula is C19H23ClN2O4S. The molecule has 8 heteroatoms. The number of nitrogens with zero attached hydrogens (tertiary/aromatic N) is 1. The summed E-state index contributed by atoms with van der Waals surface area (Å²) in [5.74, 6) is -0.392. The molecule has 1 N–H and O–H groups in total. The van der Waals surface area contributed by atoms with Crippen molar-refractivity contribution < 1.29 is 17.9 Å². The van der Waals surface area contributed by atoms with Gasteiger partial charge in [0.15, 0.2) is 0 Å². The zero-order valence-corrected chi connectivity index (χ0v) is 16.9. The summed E-state index contributed by atoms with van der Waals surface area (Å²) in [4.78, 5) is 12.3. The largest absolute Gasteiger partial charge is 0.383 e. The molecule has 0 aliphatic rings. The number of methoxy groups -OCH3 is 1. The Hall–Kier alpha value is -1.93. The number of sulfonamides is 1. The van der Waals surface area contributed by atoms with Crippen molar-refractivity contribution in [3.63, 3.8) is 0 Å². The highest BCUT2D eigenvalue weighted by atomic mass is 35.5. The molecule has 0 spiro atoms. The van der Waals surface area contributed by atoms with Crippen LogP contribution in [0.25, 0.3) is 0 Å². The highest BCUT2D eigenvalue weighted by Gasteiger charge is 2.26. The SMILES string of the molecule is COCCNC(=O)CN(Cc1ccc(C)cc1)S(=O)(=O)c1ccc(Cl)cc1. The fraction of sp³-hybridized carbons (Fsp3) is 0.316. The molecule has 0 atom stereocenters. The first kappa shape index (κ1) is 21.4. The molecule has 2 aromatic rings. The molecule has 146 valence electrons. The van der Waals surface area contributed by atoms with E-state index >= 15 is 0 Å². The number of carbonyl (C=O) groups is 1. The molecule has 1 amide bonds. The lowest BCUT2D eigenvalue weighted by Gasteiger charge is -2.22. The summed E-state index contributed by atoms with van der Waals surface area (Å²) in [6.45, 7) is 2.42. The second kappa shape index (κ2) is 9.85. The fourth-order valence-electron chi connectivity index (χ4n) is 2.39. The van der Waals surface area contributed by atoms with Gasteiger partial charge in [-0.2, -0.15) is 4.31 Å². The van der Waals surface area contributed by atoms with Gasteiger partial charge in [-0.25, -0.2) is 8.42 Å². The predicted molar refractivity (Wildman–Crippen MR) is 105 cm³/mol. The Morgan fingerprint density at radius 1 is 1.11 bits per heavy atom. The highest BCUT2D eigenvalue weighted by Crippen LogP contribution is 2.20. The molecule has 2 aromatic carbocycles. The molecule has 0 aliphatic carbocycles. The number of hydrogen-bond donors (Lipinski definition) is 1. The van der Waals surface area contributed by atoms with Crippen molar-refractivity contribution in [2.45, 2.75) is 18.4 Å². The first-order valence-corrected chi connectivity index (χ1v) is 10.2. The van der Waals surface area contributed by atoms with Crippen LogP contribution in [0.3, 0.4) is 0 Å². The predicted octanol–water partition coefficient (Wildman–Crippen LogP) is 2.60. The summed E-state index contributed by atoms with van der Waals surface area (Å²) in [6.07, 6.45) is 0. The monoisotopic (exact) mass is 410 g/mol. The van der Waals surface area contributed by atoms with Gasteiger partial charge >= 0.3 is 0 Å². The van der Waals surface area contributed by atoms with Crippen molar-refractivity contribution in [1.29, 1.82) is 0 Å². The third-order valence-electron chi connectivity index (χ3n) is 3.88. The smallest absolute Gasteiger partial charge is 0.243 e. The molecule has 0 unspecified atom stereocenters. The summed E-state index contributed by atoms with van der Waals surface area (Å²) in [7, 11) is -2.34. The minimum Gasteiger partial charge on any atom is -0.383 e. The van der Waals surface area contributed by atoms with Gasteiger partial charge in [0.05, 0.1) is 18.0 Å². The molecule has 0 radical (unpaired) electrons. The van der Waals surface area contributed by atoms with Gasteiger partial charge in [0, 0.05) is 25.2 Å². The first-order valence-electron chi connectivity index (χ1n) is 8.40. The summed E-state index contributed by atoms with van der Waals surface area (Å²) in [6, 6.07) is 13.4. The molecule has 0 heterocycles. The van der Waals surface area contributed by atoms with Crippen LogP contribution in [0.1, 0.15) is 11.1 Å². The van der Waals surface area contributed by atoms with Gasteiger partial charge in [0.1, 0.15) is 0 Å². The molecule has 0 aromatic heterocycles. The fourth-order valence-corrected chi connectivity index (χ4v) is 3.90. The number of amides is 1. The normalized spacial score (nSPS) is 11.6. The van der Waals surface area contributed by atoms with Crippen molar-refractivity contribution in [1.82, 2.24) is 9.62 Å². The van der Waals surface area contributed by atoms with Crippen LogP contribution in [0.2, 0.25) is 5.02 Å². The van der Waals surface area contributed by atoms with Gasteiger partial charge in [-0.15, -0.1) is 0 Å². The maximum atomic E-state index is 13.1. The van der Waals surface area contributed by atoms with Gasteiger partial charge in [-0.3, -0.25) is 4.79 Å². The molecular weight excluding hydrogens is 388 g/mol. The average Bonchev–Trinajstić information content (AvgIpc) is 2.63. The number of carbonyl (C=O) groups excluding carboxylic acids is 1. The van der Waals surface area contributed by atoms with Gasteiger partial charge in [-0.05, 0) is 36.8 Å². The van der Waals surface area contributed by atoms with Crippen molar-refractivity contribution in [3.05, 3.63) is 64.7 Å². The summed E-state index contributed by atoms with van der Waals surface area (Å²) in [5, 5.41) is 3.09. The quantitative estimate of drug-likeness (QED) is 0.645. The van der Waals surface area contributed by atoms with E-state index in [4.69, 9.17) is 16.3 Å². The number of rotatable bonds is 9. The van der Waals surface area contributed by atoms with E-state index in [0.29, 0.717) is 18.2 Å². The van der Waals surface area contributed by atoms with E-state index in [1.807, 2.05) is 31.2 Å². The van der Waals surface area contributed by atoms with Gasteiger partial charge < -0.3 is 10.1 Å². The van der Waals surface area contributed by atoms with Crippen LogP contribution in [0.5, 0.6) is 0 Å². The summed E-state index contributed by atoms with van der Waals surface area (Å²) in [5.41, 5.74) is 1.87. The lowest BCUT2D eigenvalue weighted by atomic mass is 10.1. The van der Waals surface area contributed by atoms with Crippen LogP contribution >= 0.6 is 11.6 Å². The Morgan fingerprint density at radius 3 is 2.33 bits per heavy atom. The van der Waals surface area contributed by atoms with E-state index < -0.39 is 15.9 Å². The number of benzene rings is 2. The zero-order valence-electron chi connectivity index (χ0n) is 15.3. The number of nitrogens with one attached hydrogen (secondary N) is 1. The third kappa shape index (κ3) is 6.32. The van der Waals surface area contributed by atoms with Crippen LogP contribution in [-0.4, -0.2) is 45.4 Å². The second-order valence-electron chi connectivity index (χ2n) is 6.06.